The van der Waals surface area contributed by atoms with Gasteiger partial charge in [0, 0.05) is 45.2 Å². The number of rotatable bonds is 5. The first-order valence-electron chi connectivity index (χ1n) is 10.1. The smallest absolute Gasteiger partial charge is 0.236 e. The Morgan fingerprint density at radius 1 is 1.07 bits per heavy atom. The van der Waals surface area contributed by atoms with Crippen LogP contribution >= 0.6 is 0 Å². The van der Waals surface area contributed by atoms with E-state index >= 15 is 0 Å². The highest BCUT2D eigenvalue weighted by molar-refractivity contribution is 5.79. The van der Waals surface area contributed by atoms with Gasteiger partial charge in [-0.3, -0.25) is 14.5 Å². The van der Waals surface area contributed by atoms with Gasteiger partial charge in [0.05, 0.1) is 6.54 Å². The lowest BCUT2D eigenvalue weighted by molar-refractivity contribution is -0.137. The van der Waals surface area contributed by atoms with Crippen LogP contribution in [0.15, 0.2) is 24.3 Å². The summed E-state index contributed by atoms with van der Waals surface area (Å²) in [6, 6.07) is 6.77. The maximum Gasteiger partial charge on any atom is 0.236 e. The highest BCUT2D eigenvalue weighted by atomic mass is 19.1. The standard InChI is InChI=1S/C21H30FN3O2/c1-17-5-2-3-10-25(17)21(27)16-23-11-13-24(14-12-23)20(26)9-8-18-6-4-7-19(22)15-18/h4,6-7,15,17H,2-3,5,8-14,16H2,1H3. The first-order valence-corrected chi connectivity index (χ1v) is 10.1. The van der Waals surface area contributed by atoms with Crippen LogP contribution in [0.2, 0.25) is 0 Å². The molecule has 1 unspecified atom stereocenters. The van der Waals surface area contributed by atoms with Crippen LogP contribution < -0.4 is 0 Å². The van der Waals surface area contributed by atoms with Crippen LogP contribution in [0, 0.1) is 5.82 Å². The number of benzene rings is 1. The van der Waals surface area contributed by atoms with Gasteiger partial charge in [0.1, 0.15) is 5.82 Å². The number of piperazine rings is 1. The Morgan fingerprint density at radius 3 is 2.56 bits per heavy atom. The second kappa shape index (κ2) is 9.31. The van der Waals surface area contributed by atoms with Crippen molar-refractivity contribution in [1.29, 1.82) is 0 Å². The zero-order valence-corrected chi connectivity index (χ0v) is 16.2. The van der Waals surface area contributed by atoms with E-state index < -0.39 is 0 Å². The van der Waals surface area contributed by atoms with Gasteiger partial charge in [-0.05, 0) is 50.3 Å². The lowest BCUT2D eigenvalue weighted by atomic mass is 10.0. The number of halogens is 1. The molecule has 1 atom stereocenters. The number of hydrogen-bond donors (Lipinski definition) is 0. The topological polar surface area (TPSA) is 43.9 Å². The highest BCUT2D eigenvalue weighted by Gasteiger charge is 2.27. The van der Waals surface area contributed by atoms with E-state index in [0.717, 1.165) is 38.0 Å². The monoisotopic (exact) mass is 375 g/mol. The first-order chi connectivity index (χ1) is 13.0. The summed E-state index contributed by atoms with van der Waals surface area (Å²) >= 11 is 0. The average molecular weight is 375 g/mol. The van der Waals surface area contributed by atoms with Crippen molar-refractivity contribution >= 4 is 11.8 Å². The molecule has 2 saturated heterocycles. The van der Waals surface area contributed by atoms with Crippen LogP contribution in [-0.4, -0.2) is 71.8 Å². The molecule has 1 aromatic carbocycles. The fraction of sp³-hybridized carbons (Fsp3) is 0.619. The Morgan fingerprint density at radius 2 is 1.85 bits per heavy atom. The van der Waals surface area contributed by atoms with Crippen molar-refractivity contribution in [1.82, 2.24) is 14.7 Å². The third-order valence-corrected chi connectivity index (χ3v) is 5.72. The van der Waals surface area contributed by atoms with Crippen LogP contribution in [0.1, 0.15) is 38.2 Å². The van der Waals surface area contributed by atoms with E-state index in [1.54, 1.807) is 6.07 Å². The van der Waals surface area contributed by atoms with Crippen molar-refractivity contribution < 1.29 is 14.0 Å². The Kier molecular flexibility index (Phi) is 6.83. The molecular weight excluding hydrogens is 345 g/mol. The van der Waals surface area contributed by atoms with Crippen molar-refractivity contribution in [2.45, 2.75) is 45.1 Å². The maximum atomic E-state index is 13.2. The van der Waals surface area contributed by atoms with Gasteiger partial charge in [-0.1, -0.05) is 12.1 Å². The number of likely N-dealkylation sites (tertiary alicyclic amines) is 1. The SMILES string of the molecule is CC1CCCCN1C(=O)CN1CCN(C(=O)CCc2cccc(F)c2)CC1. The predicted molar refractivity (Wildman–Crippen MR) is 103 cm³/mol. The summed E-state index contributed by atoms with van der Waals surface area (Å²) in [6.07, 6.45) is 4.36. The molecule has 0 saturated carbocycles. The molecule has 148 valence electrons. The lowest BCUT2D eigenvalue weighted by Gasteiger charge is -2.38. The number of carbonyl (C=O) groups excluding carboxylic acids is 2. The molecule has 27 heavy (non-hydrogen) atoms. The van der Waals surface area contributed by atoms with Crippen molar-refractivity contribution in [3.8, 4) is 0 Å². The maximum absolute atomic E-state index is 13.2. The van der Waals surface area contributed by atoms with Crippen LogP contribution in [0.25, 0.3) is 0 Å². The molecule has 1 aromatic rings. The van der Waals surface area contributed by atoms with Crippen LogP contribution in [0.4, 0.5) is 4.39 Å². The summed E-state index contributed by atoms with van der Waals surface area (Å²) in [5.74, 6) is 0.0595. The lowest BCUT2D eigenvalue weighted by Crippen LogP contribution is -2.53. The van der Waals surface area contributed by atoms with Crippen LogP contribution in [0.5, 0.6) is 0 Å². The van der Waals surface area contributed by atoms with Crippen LogP contribution in [0.3, 0.4) is 0 Å². The van der Waals surface area contributed by atoms with Gasteiger partial charge in [-0.25, -0.2) is 4.39 Å². The van der Waals surface area contributed by atoms with E-state index in [9.17, 15) is 14.0 Å². The second-order valence-electron chi connectivity index (χ2n) is 7.72. The minimum absolute atomic E-state index is 0.106. The normalized spacial score (nSPS) is 21.3. The number of amides is 2. The van der Waals surface area contributed by atoms with Gasteiger partial charge in [-0.15, -0.1) is 0 Å². The van der Waals surface area contributed by atoms with E-state index in [-0.39, 0.29) is 17.6 Å². The zero-order valence-electron chi connectivity index (χ0n) is 16.2. The largest absolute Gasteiger partial charge is 0.340 e. The first kappa shape index (κ1) is 19.8. The fourth-order valence-electron chi connectivity index (χ4n) is 4.01. The summed E-state index contributed by atoms with van der Waals surface area (Å²) in [5.41, 5.74) is 0.850. The Hall–Kier alpha value is -1.95. The Labute approximate surface area is 161 Å². The van der Waals surface area contributed by atoms with Gasteiger partial charge in [0.25, 0.3) is 0 Å². The third-order valence-electron chi connectivity index (χ3n) is 5.72. The summed E-state index contributed by atoms with van der Waals surface area (Å²) < 4.78 is 13.2. The average Bonchev–Trinajstić information content (AvgIpc) is 2.67. The van der Waals surface area contributed by atoms with Gasteiger partial charge in [-0.2, -0.15) is 0 Å². The third kappa shape index (κ3) is 5.51. The van der Waals surface area contributed by atoms with Crippen molar-refractivity contribution in [2.75, 3.05) is 39.3 Å². The number of nitrogens with zero attached hydrogens (tertiary/aromatic N) is 3. The molecule has 5 nitrogen and oxygen atoms in total. The molecule has 0 aliphatic carbocycles. The van der Waals surface area contributed by atoms with Gasteiger partial charge < -0.3 is 9.80 Å². The summed E-state index contributed by atoms with van der Waals surface area (Å²) in [4.78, 5) is 31.0. The van der Waals surface area contributed by atoms with Crippen molar-refractivity contribution in [3.63, 3.8) is 0 Å². The number of hydrogen-bond acceptors (Lipinski definition) is 3. The Bertz CT molecular complexity index is 659. The molecule has 2 fully saturated rings. The van der Waals surface area contributed by atoms with Crippen molar-refractivity contribution in [2.24, 2.45) is 0 Å². The Balaban J connectivity index is 1.40. The van der Waals surface area contributed by atoms with Crippen LogP contribution in [-0.2, 0) is 16.0 Å². The second-order valence-corrected chi connectivity index (χ2v) is 7.72. The molecule has 2 heterocycles. The number of carbonyl (C=O) groups is 2. The zero-order chi connectivity index (χ0) is 19.2. The van der Waals surface area contributed by atoms with E-state index in [1.807, 2.05) is 15.9 Å². The minimum atomic E-state index is -0.263. The molecule has 2 aliphatic rings. The molecule has 2 aliphatic heterocycles. The van der Waals surface area contributed by atoms with Gasteiger partial charge in [0.2, 0.25) is 11.8 Å². The number of piperidine rings is 1. The van der Waals surface area contributed by atoms with E-state index in [1.165, 1.54) is 18.6 Å². The number of aryl methyl sites for hydroxylation is 1. The van der Waals surface area contributed by atoms with E-state index in [0.29, 0.717) is 38.5 Å². The quantitative estimate of drug-likeness (QED) is 0.793. The van der Waals surface area contributed by atoms with Crippen molar-refractivity contribution in [3.05, 3.63) is 35.6 Å². The van der Waals surface area contributed by atoms with Gasteiger partial charge >= 0.3 is 0 Å². The fourth-order valence-corrected chi connectivity index (χ4v) is 4.01. The molecule has 0 aromatic heterocycles. The summed E-state index contributed by atoms with van der Waals surface area (Å²) in [5, 5.41) is 0. The molecule has 2 amide bonds. The summed E-state index contributed by atoms with van der Waals surface area (Å²) in [7, 11) is 0. The predicted octanol–water partition coefficient (Wildman–Crippen LogP) is 2.30. The molecule has 0 radical (unpaired) electrons. The molecule has 6 heteroatoms. The molecular formula is C21H30FN3O2. The summed E-state index contributed by atoms with van der Waals surface area (Å²) in [6.45, 7) is 6.25. The molecule has 0 bridgehead atoms. The molecule has 0 N–H and O–H groups in total. The van der Waals surface area contributed by atoms with Gasteiger partial charge in [0.15, 0.2) is 0 Å². The minimum Gasteiger partial charge on any atom is -0.340 e. The van der Waals surface area contributed by atoms with E-state index in [4.69, 9.17) is 0 Å². The molecule has 3 rings (SSSR count). The molecule has 0 spiro atoms. The highest BCUT2D eigenvalue weighted by Crippen LogP contribution is 2.17. The van der Waals surface area contributed by atoms with E-state index in [2.05, 4.69) is 11.8 Å².